The molecular formula is C25H27N3O3. The summed E-state index contributed by atoms with van der Waals surface area (Å²) in [5.41, 5.74) is 7.24. The van der Waals surface area contributed by atoms with E-state index in [0.717, 1.165) is 11.1 Å². The molecule has 6 nitrogen and oxygen atoms in total. The van der Waals surface area contributed by atoms with Gasteiger partial charge < -0.3 is 21.1 Å². The van der Waals surface area contributed by atoms with Crippen molar-refractivity contribution in [2.24, 2.45) is 5.73 Å². The predicted molar refractivity (Wildman–Crippen MR) is 121 cm³/mol. The van der Waals surface area contributed by atoms with Crippen LogP contribution in [0.3, 0.4) is 0 Å². The van der Waals surface area contributed by atoms with E-state index in [9.17, 15) is 9.59 Å². The van der Waals surface area contributed by atoms with Crippen molar-refractivity contribution in [3.05, 3.63) is 96.1 Å². The highest BCUT2D eigenvalue weighted by Gasteiger charge is 2.19. The van der Waals surface area contributed by atoms with Gasteiger partial charge in [0.1, 0.15) is 11.5 Å². The molecule has 0 aromatic heterocycles. The topological polar surface area (TPSA) is 93.5 Å². The zero-order valence-corrected chi connectivity index (χ0v) is 17.5. The molecule has 0 aliphatic heterocycles. The first-order valence-electron chi connectivity index (χ1n) is 10.2. The highest BCUT2D eigenvalue weighted by atomic mass is 16.5. The summed E-state index contributed by atoms with van der Waals surface area (Å²) in [6.45, 7) is 2.56. The second kappa shape index (κ2) is 10.8. The molecule has 4 N–H and O–H groups in total. The fourth-order valence-corrected chi connectivity index (χ4v) is 3.27. The molecule has 0 saturated carbocycles. The van der Waals surface area contributed by atoms with Crippen LogP contribution in [0.1, 0.15) is 36.4 Å². The minimum atomic E-state index is -0.690. The zero-order valence-electron chi connectivity index (χ0n) is 17.5. The first-order valence-corrected chi connectivity index (χ1v) is 10.2. The summed E-state index contributed by atoms with van der Waals surface area (Å²) < 4.78 is 5.86. The molecule has 0 spiro atoms. The molecule has 3 aromatic carbocycles. The Hall–Kier alpha value is -3.80. The third kappa shape index (κ3) is 6.89. The number of hydrogen-bond acceptors (Lipinski definition) is 3. The number of benzene rings is 3. The van der Waals surface area contributed by atoms with Crippen molar-refractivity contribution in [1.29, 1.82) is 0 Å². The molecule has 0 aliphatic carbocycles. The molecule has 0 saturated heterocycles. The van der Waals surface area contributed by atoms with E-state index in [4.69, 9.17) is 10.5 Å². The van der Waals surface area contributed by atoms with E-state index >= 15 is 0 Å². The number of rotatable bonds is 9. The van der Waals surface area contributed by atoms with E-state index in [1.807, 2.05) is 78.9 Å². The molecule has 3 aromatic rings. The van der Waals surface area contributed by atoms with Gasteiger partial charge in [0.05, 0.1) is 12.5 Å². The summed E-state index contributed by atoms with van der Waals surface area (Å²) in [7, 11) is 0. The lowest BCUT2D eigenvalue weighted by molar-refractivity contribution is -0.121. The highest BCUT2D eigenvalue weighted by molar-refractivity contribution is 5.78. The van der Waals surface area contributed by atoms with Crippen molar-refractivity contribution in [3.8, 4) is 11.5 Å². The summed E-state index contributed by atoms with van der Waals surface area (Å²) in [6.07, 6.45) is 0.0687. The number of para-hydroxylation sites is 1. The van der Waals surface area contributed by atoms with Crippen molar-refractivity contribution in [2.45, 2.75) is 25.3 Å². The van der Waals surface area contributed by atoms with Crippen molar-refractivity contribution in [1.82, 2.24) is 10.6 Å². The van der Waals surface area contributed by atoms with Crippen LogP contribution in [0.2, 0.25) is 0 Å². The largest absolute Gasteiger partial charge is 0.457 e. The Morgan fingerprint density at radius 2 is 1.48 bits per heavy atom. The van der Waals surface area contributed by atoms with Crippen LogP contribution in [0.5, 0.6) is 11.5 Å². The Balaban J connectivity index is 1.65. The van der Waals surface area contributed by atoms with Crippen LogP contribution in [-0.2, 0) is 4.79 Å². The molecule has 6 heteroatoms. The number of carbonyl (C=O) groups excluding carboxylic acids is 2. The molecule has 0 aliphatic rings. The summed E-state index contributed by atoms with van der Waals surface area (Å²) in [5, 5.41) is 5.61. The Kier molecular flexibility index (Phi) is 7.65. The van der Waals surface area contributed by atoms with Crippen LogP contribution < -0.4 is 21.1 Å². The zero-order chi connectivity index (χ0) is 22.1. The van der Waals surface area contributed by atoms with Crippen LogP contribution in [0.4, 0.5) is 4.79 Å². The summed E-state index contributed by atoms with van der Waals surface area (Å²) >= 11 is 0. The van der Waals surface area contributed by atoms with Gasteiger partial charge in [0.15, 0.2) is 0 Å². The lowest BCUT2D eigenvalue weighted by Crippen LogP contribution is -2.37. The van der Waals surface area contributed by atoms with Gasteiger partial charge in [0.2, 0.25) is 5.91 Å². The third-order valence-corrected chi connectivity index (χ3v) is 4.92. The maximum absolute atomic E-state index is 12.6. The van der Waals surface area contributed by atoms with E-state index in [1.54, 1.807) is 6.07 Å². The standard InChI is InChI=1S/C25H27N3O3/c1-18(19-9-4-2-5-10-19)17-27-24(29)16-23(28-25(26)30)20-11-8-14-22(15-20)31-21-12-6-3-7-13-21/h2-15,18,23H,16-17H2,1H3,(H,27,29)(H3,26,28,30)/t18-,23-/m0/s1. The molecule has 2 atom stereocenters. The van der Waals surface area contributed by atoms with Gasteiger partial charge in [0.25, 0.3) is 0 Å². The molecule has 0 radical (unpaired) electrons. The maximum Gasteiger partial charge on any atom is 0.312 e. The van der Waals surface area contributed by atoms with E-state index in [2.05, 4.69) is 17.6 Å². The minimum absolute atomic E-state index is 0.0687. The second-order valence-electron chi connectivity index (χ2n) is 7.37. The van der Waals surface area contributed by atoms with Gasteiger partial charge in [0, 0.05) is 6.54 Å². The summed E-state index contributed by atoms with van der Waals surface area (Å²) in [6, 6.07) is 25.4. The fourth-order valence-electron chi connectivity index (χ4n) is 3.27. The molecular weight excluding hydrogens is 390 g/mol. The van der Waals surface area contributed by atoms with E-state index < -0.39 is 12.1 Å². The van der Waals surface area contributed by atoms with E-state index in [-0.39, 0.29) is 18.2 Å². The highest BCUT2D eigenvalue weighted by Crippen LogP contribution is 2.26. The summed E-state index contributed by atoms with van der Waals surface area (Å²) in [4.78, 5) is 24.1. The summed E-state index contributed by atoms with van der Waals surface area (Å²) in [5.74, 6) is 1.32. The van der Waals surface area contributed by atoms with Crippen LogP contribution in [0.15, 0.2) is 84.9 Å². The van der Waals surface area contributed by atoms with E-state index in [1.165, 1.54) is 0 Å². The Morgan fingerprint density at radius 1 is 0.871 bits per heavy atom. The minimum Gasteiger partial charge on any atom is -0.457 e. The number of hydrogen-bond donors (Lipinski definition) is 3. The number of urea groups is 1. The van der Waals surface area contributed by atoms with Gasteiger partial charge in [-0.15, -0.1) is 0 Å². The Bertz CT molecular complexity index is 993. The van der Waals surface area contributed by atoms with Crippen molar-refractivity contribution >= 4 is 11.9 Å². The quantitative estimate of drug-likeness (QED) is 0.479. The van der Waals surface area contributed by atoms with Gasteiger partial charge in [-0.25, -0.2) is 4.79 Å². The van der Waals surface area contributed by atoms with Gasteiger partial charge in [-0.05, 0) is 41.3 Å². The van der Waals surface area contributed by atoms with Crippen LogP contribution >= 0.6 is 0 Å². The van der Waals surface area contributed by atoms with E-state index in [0.29, 0.717) is 18.0 Å². The number of primary amides is 1. The first kappa shape index (κ1) is 21.9. The predicted octanol–water partition coefficient (Wildman–Crippen LogP) is 4.50. The van der Waals surface area contributed by atoms with Crippen molar-refractivity contribution < 1.29 is 14.3 Å². The molecule has 0 fully saturated rings. The SMILES string of the molecule is C[C@@H](CNC(=O)C[C@H](NC(N)=O)c1cccc(Oc2ccccc2)c1)c1ccccc1. The lowest BCUT2D eigenvalue weighted by Gasteiger charge is -2.19. The molecule has 160 valence electrons. The number of ether oxygens (including phenoxy) is 1. The lowest BCUT2D eigenvalue weighted by atomic mass is 10.0. The van der Waals surface area contributed by atoms with Crippen LogP contribution in [-0.4, -0.2) is 18.5 Å². The monoisotopic (exact) mass is 417 g/mol. The average molecular weight is 418 g/mol. The van der Waals surface area contributed by atoms with Gasteiger partial charge in [-0.1, -0.05) is 67.6 Å². The normalized spacial score (nSPS) is 12.4. The van der Waals surface area contributed by atoms with Gasteiger partial charge in [-0.2, -0.15) is 0 Å². The van der Waals surface area contributed by atoms with Crippen molar-refractivity contribution in [2.75, 3.05) is 6.54 Å². The smallest absolute Gasteiger partial charge is 0.312 e. The molecule has 31 heavy (non-hydrogen) atoms. The number of nitrogens with one attached hydrogen (secondary N) is 2. The van der Waals surface area contributed by atoms with Crippen LogP contribution in [0, 0.1) is 0 Å². The van der Waals surface area contributed by atoms with Gasteiger partial charge in [-0.3, -0.25) is 4.79 Å². The molecule has 0 heterocycles. The molecule has 0 bridgehead atoms. The molecule has 3 rings (SSSR count). The van der Waals surface area contributed by atoms with Crippen LogP contribution in [0.25, 0.3) is 0 Å². The first-order chi connectivity index (χ1) is 15.0. The molecule has 0 unspecified atom stereocenters. The average Bonchev–Trinajstić information content (AvgIpc) is 2.78. The Morgan fingerprint density at radius 3 is 2.16 bits per heavy atom. The third-order valence-electron chi connectivity index (χ3n) is 4.92. The second-order valence-corrected chi connectivity index (χ2v) is 7.37. The molecule has 3 amide bonds. The Labute approximate surface area is 182 Å². The number of nitrogens with two attached hydrogens (primary N) is 1. The fraction of sp³-hybridized carbons (Fsp3) is 0.200. The number of amides is 3. The maximum atomic E-state index is 12.6. The number of carbonyl (C=O) groups is 2. The van der Waals surface area contributed by atoms with Crippen molar-refractivity contribution in [3.63, 3.8) is 0 Å². The van der Waals surface area contributed by atoms with Gasteiger partial charge >= 0.3 is 6.03 Å².